The lowest BCUT2D eigenvalue weighted by Gasteiger charge is -2.19. The SMILES string of the molecule is COC(=O)[C@@H](NC(=O)/C=C/C[Si](C)(C)C)C(C)C. The maximum atomic E-state index is 11.7. The predicted octanol–water partition coefficient (Wildman–Crippen LogP) is 2.19. The molecule has 0 aromatic carbocycles. The summed E-state index contributed by atoms with van der Waals surface area (Å²) >= 11 is 0. The average molecular weight is 271 g/mol. The Morgan fingerprint density at radius 2 is 1.83 bits per heavy atom. The molecule has 0 saturated carbocycles. The monoisotopic (exact) mass is 271 g/mol. The molecule has 0 fully saturated rings. The highest BCUT2D eigenvalue weighted by Gasteiger charge is 2.23. The maximum absolute atomic E-state index is 11.7. The van der Waals surface area contributed by atoms with Crippen LogP contribution in [0.15, 0.2) is 12.2 Å². The minimum Gasteiger partial charge on any atom is -0.467 e. The minimum absolute atomic E-state index is 0.00629. The molecule has 4 nitrogen and oxygen atoms in total. The Morgan fingerprint density at radius 3 is 2.22 bits per heavy atom. The molecule has 104 valence electrons. The highest BCUT2D eigenvalue weighted by atomic mass is 28.3. The molecular weight excluding hydrogens is 246 g/mol. The molecule has 18 heavy (non-hydrogen) atoms. The van der Waals surface area contributed by atoms with Gasteiger partial charge in [-0.3, -0.25) is 4.79 Å². The molecule has 0 aliphatic heterocycles. The Kier molecular flexibility index (Phi) is 6.91. The fourth-order valence-corrected chi connectivity index (χ4v) is 2.17. The van der Waals surface area contributed by atoms with E-state index in [1.165, 1.54) is 13.2 Å². The number of hydrogen-bond donors (Lipinski definition) is 1. The van der Waals surface area contributed by atoms with Crippen LogP contribution in [0, 0.1) is 5.92 Å². The molecule has 0 aromatic rings. The summed E-state index contributed by atoms with van der Waals surface area (Å²) < 4.78 is 4.66. The zero-order valence-corrected chi connectivity index (χ0v) is 13.2. The van der Waals surface area contributed by atoms with Crippen LogP contribution in [0.25, 0.3) is 0 Å². The lowest BCUT2D eigenvalue weighted by atomic mass is 10.0. The van der Waals surface area contributed by atoms with Crippen LogP contribution in [-0.2, 0) is 14.3 Å². The van der Waals surface area contributed by atoms with Crippen LogP contribution >= 0.6 is 0 Å². The van der Waals surface area contributed by atoms with Crippen molar-refractivity contribution in [2.75, 3.05) is 7.11 Å². The van der Waals surface area contributed by atoms with Gasteiger partial charge < -0.3 is 10.1 Å². The smallest absolute Gasteiger partial charge is 0.328 e. The van der Waals surface area contributed by atoms with Gasteiger partial charge in [0.1, 0.15) is 6.04 Å². The van der Waals surface area contributed by atoms with Crippen LogP contribution in [0.4, 0.5) is 0 Å². The van der Waals surface area contributed by atoms with Crippen molar-refractivity contribution in [1.29, 1.82) is 0 Å². The number of esters is 1. The topological polar surface area (TPSA) is 55.4 Å². The molecule has 0 radical (unpaired) electrons. The third kappa shape index (κ3) is 7.27. The van der Waals surface area contributed by atoms with Gasteiger partial charge in [0.25, 0.3) is 0 Å². The molecule has 5 heteroatoms. The normalized spacial score (nSPS) is 13.7. The zero-order chi connectivity index (χ0) is 14.3. The molecule has 0 aliphatic rings. The zero-order valence-electron chi connectivity index (χ0n) is 12.2. The van der Waals surface area contributed by atoms with Crippen molar-refractivity contribution in [2.24, 2.45) is 5.92 Å². The van der Waals surface area contributed by atoms with E-state index in [4.69, 9.17) is 0 Å². The third-order valence-corrected chi connectivity index (χ3v) is 3.88. The van der Waals surface area contributed by atoms with Gasteiger partial charge in [0.15, 0.2) is 0 Å². The number of amides is 1. The van der Waals surface area contributed by atoms with Crippen LogP contribution in [-0.4, -0.2) is 33.1 Å². The van der Waals surface area contributed by atoms with Crippen molar-refractivity contribution in [3.8, 4) is 0 Å². The van der Waals surface area contributed by atoms with Crippen molar-refractivity contribution >= 4 is 20.0 Å². The first-order valence-corrected chi connectivity index (χ1v) is 9.93. The Morgan fingerprint density at radius 1 is 1.28 bits per heavy atom. The van der Waals surface area contributed by atoms with Gasteiger partial charge in [-0.15, -0.1) is 0 Å². The first-order chi connectivity index (χ1) is 8.17. The van der Waals surface area contributed by atoms with Crippen LogP contribution in [0.3, 0.4) is 0 Å². The van der Waals surface area contributed by atoms with Crippen molar-refractivity contribution < 1.29 is 14.3 Å². The van der Waals surface area contributed by atoms with E-state index in [9.17, 15) is 9.59 Å². The number of rotatable bonds is 6. The summed E-state index contributed by atoms with van der Waals surface area (Å²) in [6.45, 7) is 10.4. The Balaban J connectivity index is 4.40. The van der Waals surface area contributed by atoms with Crippen LogP contribution in [0.5, 0.6) is 0 Å². The first-order valence-electron chi connectivity index (χ1n) is 6.22. The van der Waals surface area contributed by atoms with E-state index >= 15 is 0 Å². The molecule has 0 saturated heterocycles. The summed E-state index contributed by atoms with van der Waals surface area (Å²) in [6.07, 6.45) is 3.40. The molecule has 0 aromatic heterocycles. The number of hydrogen-bond acceptors (Lipinski definition) is 3. The summed E-state index contributed by atoms with van der Waals surface area (Å²) in [4.78, 5) is 23.1. The highest BCUT2D eigenvalue weighted by molar-refractivity contribution is 6.76. The molecule has 0 aliphatic carbocycles. The van der Waals surface area contributed by atoms with Gasteiger partial charge in [-0.25, -0.2) is 4.79 Å². The minimum atomic E-state index is -1.17. The molecular formula is C13H25NO3Si. The van der Waals surface area contributed by atoms with Crippen LogP contribution < -0.4 is 5.32 Å². The number of carbonyl (C=O) groups is 2. The maximum Gasteiger partial charge on any atom is 0.328 e. The summed E-state index contributed by atoms with van der Waals surface area (Å²) in [6, 6.07) is 0.365. The van der Waals surface area contributed by atoms with E-state index in [0.29, 0.717) is 0 Å². The lowest BCUT2D eigenvalue weighted by molar-refractivity contribution is -0.145. The number of ether oxygens (including phenoxy) is 1. The number of nitrogens with one attached hydrogen (secondary N) is 1. The van der Waals surface area contributed by atoms with Gasteiger partial charge >= 0.3 is 5.97 Å². The van der Waals surface area contributed by atoms with E-state index in [1.807, 2.05) is 19.9 Å². The third-order valence-electron chi connectivity index (χ3n) is 2.42. The number of methoxy groups -OCH3 is 1. The van der Waals surface area contributed by atoms with Gasteiger partial charge in [-0.1, -0.05) is 39.6 Å². The molecule has 0 heterocycles. The molecule has 1 amide bonds. The quantitative estimate of drug-likeness (QED) is 0.458. The highest BCUT2D eigenvalue weighted by Crippen LogP contribution is 2.08. The van der Waals surface area contributed by atoms with Gasteiger partial charge in [0, 0.05) is 8.07 Å². The van der Waals surface area contributed by atoms with E-state index in [-0.39, 0.29) is 11.8 Å². The molecule has 0 spiro atoms. The van der Waals surface area contributed by atoms with Crippen LogP contribution in [0.1, 0.15) is 13.8 Å². The second kappa shape index (κ2) is 7.36. The molecule has 0 bridgehead atoms. The molecule has 0 rings (SSSR count). The van der Waals surface area contributed by atoms with E-state index < -0.39 is 20.1 Å². The van der Waals surface area contributed by atoms with E-state index in [2.05, 4.69) is 29.7 Å². The Labute approximate surface area is 111 Å². The standard InChI is InChI=1S/C13H25NO3Si/c1-10(2)12(13(16)17-3)14-11(15)8-7-9-18(4,5)6/h7-8,10,12H,9H2,1-6H3,(H,14,15)/b8-7+/t12-/m0/s1. The summed E-state index contributed by atoms with van der Waals surface area (Å²) in [5.41, 5.74) is 0. The molecule has 0 unspecified atom stereocenters. The Bertz CT molecular complexity index is 319. The van der Waals surface area contributed by atoms with Crippen LogP contribution in [0.2, 0.25) is 25.7 Å². The second-order valence-corrected chi connectivity index (χ2v) is 11.5. The van der Waals surface area contributed by atoms with Crippen molar-refractivity contribution in [3.63, 3.8) is 0 Å². The largest absolute Gasteiger partial charge is 0.467 e. The van der Waals surface area contributed by atoms with Gasteiger partial charge in [0.2, 0.25) is 5.91 Å². The summed E-state index contributed by atoms with van der Waals surface area (Å²) in [5, 5.41) is 2.67. The van der Waals surface area contributed by atoms with Crippen molar-refractivity contribution in [3.05, 3.63) is 12.2 Å². The summed E-state index contributed by atoms with van der Waals surface area (Å²) in [5.74, 6) is -0.638. The Hall–Kier alpha value is -1.10. The fourth-order valence-electron chi connectivity index (χ4n) is 1.35. The number of allylic oxidation sites excluding steroid dienone is 1. The number of carbonyl (C=O) groups excluding carboxylic acids is 2. The van der Waals surface area contributed by atoms with Gasteiger partial charge in [0.05, 0.1) is 7.11 Å². The molecule has 1 atom stereocenters. The fraction of sp³-hybridized carbons (Fsp3) is 0.692. The predicted molar refractivity (Wildman–Crippen MR) is 76.1 cm³/mol. The lowest BCUT2D eigenvalue weighted by Crippen LogP contribution is -2.44. The van der Waals surface area contributed by atoms with Crippen molar-refractivity contribution in [2.45, 2.75) is 45.6 Å². The first kappa shape index (κ1) is 16.9. The average Bonchev–Trinajstić information content (AvgIpc) is 2.22. The van der Waals surface area contributed by atoms with E-state index in [0.717, 1.165) is 6.04 Å². The van der Waals surface area contributed by atoms with Crippen molar-refractivity contribution in [1.82, 2.24) is 5.32 Å². The van der Waals surface area contributed by atoms with Gasteiger partial charge in [-0.2, -0.15) is 0 Å². The van der Waals surface area contributed by atoms with E-state index in [1.54, 1.807) is 0 Å². The second-order valence-electron chi connectivity index (χ2n) is 5.92. The molecule has 1 N–H and O–H groups in total. The van der Waals surface area contributed by atoms with Gasteiger partial charge in [-0.05, 0) is 18.0 Å². The summed E-state index contributed by atoms with van der Waals surface area (Å²) in [7, 11) is 0.151.